The molecule has 1 aliphatic heterocycles. The van der Waals surface area contributed by atoms with Crippen LogP contribution in [0.4, 0.5) is 0 Å². The molecule has 2 atom stereocenters. The van der Waals surface area contributed by atoms with Crippen LogP contribution in [0.25, 0.3) is 10.2 Å². The number of para-hydroxylation sites is 1. The number of hydrogen-bond acceptors (Lipinski definition) is 5. The van der Waals surface area contributed by atoms with Crippen molar-refractivity contribution < 1.29 is 17.9 Å². The van der Waals surface area contributed by atoms with E-state index in [0.29, 0.717) is 60.1 Å². The van der Waals surface area contributed by atoms with Crippen molar-refractivity contribution in [3.05, 3.63) is 57.9 Å². The zero-order valence-electron chi connectivity index (χ0n) is 20.1. The van der Waals surface area contributed by atoms with E-state index in [9.17, 15) is 13.2 Å². The summed E-state index contributed by atoms with van der Waals surface area (Å²) >= 11 is 7.82. The van der Waals surface area contributed by atoms with Crippen LogP contribution in [0.15, 0.2) is 52.4 Å². The number of piperidine rings is 1. The second-order valence-electron chi connectivity index (χ2n) is 9.03. The molecule has 0 saturated carbocycles. The molecule has 1 saturated heterocycles. The van der Waals surface area contributed by atoms with Crippen molar-refractivity contribution in [1.82, 2.24) is 8.87 Å². The molecule has 1 aromatic heterocycles. The zero-order valence-corrected chi connectivity index (χ0v) is 22.5. The number of hydrogen-bond donors (Lipinski definition) is 0. The summed E-state index contributed by atoms with van der Waals surface area (Å²) < 4.78 is 36.2. The summed E-state index contributed by atoms with van der Waals surface area (Å²) in [5.74, 6) is 0.192. The Hall–Kier alpha value is -2.04. The smallest absolute Gasteiger partial charge is 0.279 e. The Balaban J connectivity index is 1.63. The third-order valence-electron chi connectivity index (χ3n) is 6.09. The van der Waals surface area contributed by atoms with Gasteiger partial charge in [-0.25, -0.2) is 8.42 Å². The van der Waals surface area contributed by atoms with E-state index in [1.165, 1.54) is 35.6 Å². The number of sulfonamides is 1. The predicted octanol–water partition coefficient (Wildman–Crippen LogP) is 4.80. The van der Waals surface area contributed by atoms with E-state index in [2.05, 4.69) is 18.8 Å². The molecule has 3 aromatic rings. The van der Waals surface area contributed by atoms with Crippen molar-refractivity contribution in [1.29, 1.82) is 0 Å². The predicted molar refractivity (Wildman–Crippen MR) is 139 cm³/mol. The fraction of sp³-hybridized carbons (Fsp3) is 0.440. The zero-order chi connectivity index (χ0) is 25.2. The molecule has 188 valence electrons. The topological polar surface area (TPSA) is 81.0 Å². The highest BCUT2D eigenvalue weighted by atomic mass is 35.5. The van der Waals surface area contributed by atoms with Gasteiger partial charge in [-0.1, -0.05) is 42.9 Å². The summed E-state index contributed by atoms with van der Waals surface area (Å²) in [5.41, 5.74) is 1.14. The molecule has 2 aromatic carbocycles. The standard InChI is InChI=1S/C25H30ClN3O4S2/c1-4-33-13-12-29-23-21(26)6-5-7-22(23)34-25(29)27-24(30)19-8-10-20(11-9-19)35(31,32)28-15-17(2)14-18(3)16-28/h5-11,17-18H,4,12-16H2,1-3H3. The van der Waals surface area contributed by atoms with Crippen LogP contribution in [-0.2, 0) is 21.3 Å². The number of carbonyl (C=O) groups excluding carboxylic acids is 1. The average Bonchev–Trinajstić information content (AvgIpc) is 3.17. The maximum atomic E-state index is 13.1. The number of aromatic nitrogens is 1. The lowest BCUT2D eigenvalue weighted by Gasteiger charge is -2.34. The minimum atomic E-state index is -3.61. The summed E-state index contributed by atoms with van der Waals surface area (Å²) in [4.78, 5) is 18.1. The molecule has 1 fully saturated rings. The van der Waals surface area contributed by atoms with Crippen molar-refractivity contribution in [3.63, 3.8) is 0 Å². The lowest BCUT2D eigenvalue weighted by atomic mass is 9.94. The Morgan fingerprint density at radius 3 is 2.49 bits per heavy atom. The molecule has 0 bridgehead atoms. The summed E-state index contributed by atoms with van der Waals surface area (Å²) in [5, 5.41) is 0.583. The molecule has 0 spiro atoms. The number of benzene rings is 2. The second-order valence-corrected chi connectivity index (χ2v) is 12.4. The highest BCUT2D eigenvalue weighted by Crippen LogP contribution is 2.27. The number of fused-ring (bicyclic) bond motifs is 1. The molecule has 0 radical (unpaired) electrons. The van der Waals surface area contributed by atoms with Crippen molar-refractivity contribution in [2.24, 2.45) is 16.8 Å². The van der Waals surface area contributed by atoms with Gasteiger partial charge in [-0.15, -0.1) is 0 Å². The van der Waals surface area contributed by atoms with Gasteiger partial charge in [-0.2, -0.15) is 9.30 Å². The summed E-state index contributed by atoms with van der Waals surface area (Å²) in [6.07, 6.45) is 1.02. The second kappa shape index (κ2) is 10.9. The number of amides is 1. The van der Waals surface area contributed by atoms with Crippen LogP contribution in [0, 0.1) is 11.8 Å². The molecule has 35 heavy (non-hydrogen) atoms. The summed E-state index contributed by atoms with van der Waals surface area (Å²) in [7, 11) is -3.61. The van der Waals surface area contributed by atoms with E-state index in [1.807, 2.05) is 29.7 Å². The molecule has 4 rings (SSSR count). The van der Waals surface area contributed by atoms with Crippen molar-refractivity contribution in [2.75, 3.05) is 26.3 Å². The lowest BCUT2D eigenvalue weighted by Crippen LogP contribution is -2.42. The first-order chi connectivity index (χ1) is 16.7. The molecule has 0 aliphatic carbocycles. The largest absolute Gasteiger partial charge is 0.380 e. The van der Waals surface area contributed by atoms with E-state index in [0.717, 1.165) is 16.6 Å². The first kappa shape index (κ1) is 26.0. The number of carbonyl (C=O) groups is 1. The number of rotatable bonds is 7. The highest BCUT2D eigenvalue weighted by Gasteiger charge is 2.31. The molecule has 7 nitrogen and oxygen atoms in total. The fourth-order valence-corrected chi connectivity index (χ4v) is 7.65. The van der Waals surface area contributed by atoms with E-state index in [1.54, 1.807) is 4.31 Å². The van der Waals surface area contributed by atoms with Crippen LogP contribution in [0.5, 0.6) is 0 Å². The van der Waals surface area contributed by atoms with E-state index in [-0.39, 0.29) is 4.90 Å². The third kappa shape index (κ3) is 5.70. The van der Waals surface area contributed by atoms with Crippen LogP contribution in [0.3, 0.4) is 0 Å². The number of nitrogens with zero attached hydrogens (tertiary/aromatic N) is 3. The van der Waals surface area contributed by atoms with Crippen LogP contribution in [-0.4, -0.2) is 49.5 Å². The highest BCUT2D eigenvalue weighted by molar-refractivity contribution is 7.89. The van der Waals surface area contributed by atoms with Gasteiger partial charge in [0.15, 0.2) is 4.80 Å². The molecule has 1 aliphatic rings. The van der Waals surface area contributed by atoms with Gasteiger partial charge in [-0.3, -0.25) is 4.79 Å². The van der Waals surface area contributed by atoms with Gasteiger partial charge in [0.05, 0.1) is 26.7 Å². The SMILES string of the molecule is CCOCCn1c(=NC(=O)c2ccc(S(=O)(=O)N3CC(C)CC(C)C3)cc2)sc2cccc(Cl)c21. The Labute approximate surface area is 215 Å². The van der Waals surface area contributed by atoms with Gasteiger partial charge < -0.3 is 9.30 Å². The average molecular weight is 536 g/mol. The number of thiazole rings is 1. The Kier molecular flexibility index (Phi) is 8.12. The van der Waals surface area contributed by atoms with E-state index in [4.69, 9.17) is 16.3 Å². The van der Waals surface area contributed by atoms with Crippen LogP contribution in [0.2, 0.25) is 5.02 Å². The van der Waals surface area contributed by atoms with Crippen molar-refractivity contribution in [2.45, 2.75) is 38.6 Å². The van der Waals surface area contributed by atoms with Gasteiger partial charge in [0, 0.05) is 31.8 Å². The van der Waals surface area contributed by atoms with Gasteiger partial charge in [0.2, 0.25) is 10.0 Å². The Morgan fingerprint density at radius 1 is 1.14 bits per heavy atom. The molecule has 10 heteroatoms. The van der Waals surface area contributed by atoms with Crippen molar-refractivity contribution in [3.8, 4) is 0 Å². The normalized spacial score (nSPS) is 19.9. The summed E-state index contributed by atoms with van der Waals surface area (Å²) in [6.45, 7) is 8.66. The van der Waals surface area contributed by atoms with Gasteiger partial charge >= 0.3 is 0 Å². The quantitative estimate of drug-likeness (QED) is 0.407. The first-order valence-electron chi connectivity index (χ1n) is 11.8. The van der Waals surface area contributed by atoms with Crippen LogP contribution < -0.4 is 4.80 Å². The van der Waals surface area contributed by atoms with Gasteiger partial charge in [-0.05, 0) is 61.6 Å². The van der Waals surface area contributed by atoms with Gasteiger partial charge in [0.1, 0.15) is 0 Å². The molecule has 1 amide bonds. The maximum absolute atomic E-state index is 13.1. The lowest BCUT2D eigenvalue weighted by molar-refractivity contribution is 0.0996. The molecule has 2 unspecified atom stereocenters. The Morgan fingerprint density at radius 2 is 1.83 bits per heavy atom. The fourth-order valence-electron chi connectivity index (χ4n) is 4.55. The van der Waals surface area contributed by atoms with E-state index >= 15 is 0 Å². The minimum Gasteiger partial charge on any atom is -0.380 e. The van der Waals surface area contributed by atoms with Crippen molar-refractivity contribution >= 4 is 49.1 Å². The van der Waals surface area contributed by atoms with Gasteiger partial charge in [0.25, 0.3) is 5.91 Å². The molecule has 2 heterocycles. The molecule has 0 N–H and O–H groups in total. The third-order valence-corrected chi connectivity index (χ3v) is 9.28. The maximum Gasteiger partial charge on any atom is 0.279 e. The number of halogens is 1. The summed E-state index contributed by atoms with van der Waals surface area (Å²) in [6, 6.07) is 11.7. The first-order valence-corrected chi connectivity index (χ1v) is 14.4. The number of ether oxygens (including phenoxy) is 1. The van der Waals surface area contributed by atoms with Crippen LogP contribution in [0.1, 0.15) is 37.6 Å². The van der Waals surface area contributed by atoms with E-state index < -0.39 is 15.9 Å². The monoisotopic (exact) mass is 535 g/mol. The van der Waals surface area contributed by atoms with Crippen LogP contribution >= 0.6 is 22.9 Å². The molecular weight excluding hydrogens is 506 g/mol. The minimum absolute atomic E-state index is 0.191. The Bertz CT molecular complexity index is 1370. The molecular formula is C25H30ClN3O4S2.